The van der Waals surface area contributed by atoms with Gasteiger partial charge in [0.25, 0.3) is 0 Å². The van der Waals surface area contributed by atoms with Crippen LogP contribution in [0.3, 0.4) is 0 Å². The molecule has 1 heterocycles. The fourth-order valence-corrected chi connectivity index (χ4v) is 2.39. The van der Waals surface area contributed by atoms with Crippen molar-refractivity contribution in [2.24, 2.45) is 5.41 Å². The Labute approximate surface area is 112 Å². The summed E-state index contributed by atoms with van der Waals surface area (Å²) in [5, 5.41) is 0. The maximum atomic E-state index is 11.9. The van der Waals surface area contributed by atoms with Crippen molar-refractivity contribution in [3.63, 3.8) is 0 Å². The monoisotopic (exact) mass is 275 g/mol. The Bertz CT molecular complexity index is 327. The summed E-state index contributed by atoms with van der Waals surface area (Å²) in [6.45, 7) is 5.79. The molecule has 1 fully saturated rings. The number of rotatable bonds is 3. The Morgan fingerprint density at radius 1 is 1.50 bits per heavy atom. The van der Waals surface area contributed by atoms with E-state index >= 15 is 0 Å². The predicted octanol–water partition coefficient (Wildman–Crippen LogP) is 2.11. The average molecular weight is 275 g/mol. The van der Waals surface area contributed by atoms with Crippen LogP contribution >= 0.6 is 11.8 Å². The second kappa shape index (κ2) is 5.82. The van der Waals surface area contributed by atoms with Gasteiger partial charge in [-0.05, 0) is 18.4 Å². The number of carbonyl (C=O) groups excluding carboxylic acids is 2. The number of methoxy groups -OCH3 is 1. The molecule has 1 amide bonds. The van der Waals surface area contributed by atoms with Gasteiger partial charge in [0.1, 0.15) is 6.04 Å². The van der Waals surface area contributed by atoms with E-state index in [1.165, 1.54) is 12.0 Å². The first-order chi connectivity index (χ1) is 8.32. The molecule has 0 spiro atoms. The second-order valence-corrected chi connectivity index (χ2v) is 6.32. The Morgan fingerprint density at radius 2 is 2.11 bits per heavy atom. The highest BCUT2D eigenvalue weighted by molar-refractivity contribution is 7.98. The quantitative estimate of drug-likeness (QED) is 0.738. The first kappa shape index (κ1) is 15.1. The van der Waals surface area contributed by atoms with Gasteiger partial charge in [-0.25, -0.2) is 9.59 Å². The molecule has 0 N–H and O–H groups in total. The molecule has 0 aliphatic carbocycles. The van der Waals surface area contributed by atoms with Gasteiger partial charge >= 0.3 is 12.1 Å². The minimum absolute atomic E-state index is 0.335. The van der Waals surface area contributed by atoms with Crippen molar-refractivity contribution in [1.29, 1.82) is 0 Å². The van der Waals surface area contributed by atoms with Crippen LogP contribution in [-0.4, -0.2) is 48.4 Å². The third kappa shape index (κ3) is 3.10. The van der Waals surface area contributed by atoms with E-state index in [0.29, 0.717) is 6.42 Å². The number of ether oxygens (including phenoxy) is 2. The van der Waals surface area contributed by atoms with E-state index in [2.05, 4.69) is 0 Å². The van der Waals surface area contributed by atoms with Gasteiger partial charge in [0.15, 0.2) is 6.23 Å². The van der Waals surface area contributed by atoms with Gasteiger partial charge in [-0.15, -0.1) is 0 Å². The van der Waals surface area contributed by atoms with E-state index in [-0.39, 0.29) is 11.4 Å². The standard InChI is InChI=1S/C12H21NO4S/c1-12(2,3)10-13(11(15)16-4)8(6-7-18-5)9(14)17-10/h8,10H,6-7H2,1-5H3/t8-,10-/m1/s1. The van der Waals surface area contributed by atoms with Crippen LogP contribution in [0.25, 0.3) is 0 Å². The molecular weight excluding hydrogens is 254 g/mol. The van der Waals surface area contributed by atoms with Crippen molar-refractivity contribution in [2.75, 3.05) is 19.1 Å². The number of esters is 1. The van der Waals surface area contributed by atoms with Crippen molar-refractivity contribution < 1.29 is 19.1 Å². The lowest BCUT2D eigenvalue weighted by molar-refractivity contribution is -0.147. The molecule has 0 radical (unpaired) electrons. The van der Waals surface area contributed by atoms with Crippen LogP contribution in [0, 0.1) is 5.41 Å². The van der Waals surface area contributed by atoms with Gasteiger partial charge < -0.3 is 9.47 Å². The molecule has 6 heteroatoms. The van der Waals surface area contributed by atoms with Gasteiger partial charge in [0.05, 0.1) is 7.11 Å². The van der Waals surface area contributed by atoms with Crippen LogP contribution in [0.15, 0.2) is 0 Å². The molecule has 2 atom stereocenters. The third-order valence-corrected chi connectivity index (χ3v) is 3.45. The molecule has 1 aliphatic heterocycles. The van der Waals surface area contributed by atoms with Crippen LogP contribution in [0.4, 0.5) is 4.79 Å². The number of nitrogens with zero attached hydrogens (tertiary/aromatic N) is 1. The zero-order valence-corrected chi connectivity index (χ0v) is 12.4. The molecule has 0 bridgehead atoms. The molecule has 0 aromatic rings. The molecule has 18 heavy (non-hydrogen) atoms. The highest BCUT2D eigenvalue weighted by Gasteiger charge is 2.50. The van der Waals surface area contributed by atoms with E-state index in [1.807, 2.05) is 27.0 Å². The fraction of sp³-hybridized carbons (Fsp3) is 0.833. The highest BCUT2D eigenvalue weighted by Crippen LogP contribution is 2.34. The molecule has 5 nitrogen and oxygen atoms in total. The maximum absolute atomic E-state index is 11.9. The molecule has 0 saturated carbocycles. The Morgan fingerprint density at radius 3 is 2.56 bits per heavy atom. The number of hydrogen-bond acceptors (Lipinski definition) is 5. The Balaban J connectivity index is 2.95. The summed E-state index contributed by atoms with van der Waals surface area (Å²) >= 11 is 1.63. The van der Waals surface area contributed by atoms with Crippen molar-refractivity contribution in [3.05, 3.63) is 0 Å². The number of thioether (sulfide) groups is 1. The third-order valence-electron chi connectivity index (χ3n) is 2.81. The van der Waals surface area contributed by atoms with Gasteiger partial charge in [-0.1, -0.05) is 20.8 Å². The lowest BCUT2D eigenvalue weighted by atomic mass is 9.93. The molecule has 0 unspecified atom stereocenters. The smallest absolute Gasteiger partial charge is 0.413 e. The lowest BCUT2D eigenvalue weighted by Gasteiger charge is -2.33. The molecular formula is C12H21NO4S. The second-order valence-electron chi connectivity index (χ2n) is 5.33. The van der Waals surface area contributed by atoms with E-state index in [1.54, 1.807) is 11.8 Å². The molecule has 0 aromatic heterocycles. The van der Waals surface area contributed by atoms with E-state index in [9.17, 15) is 9.59 Å². The molecule has 1 rings (SSSR count). The minimum atomic E-state index is -0.565. The average Bonchev–Trinajstić information content (AvgIpc) is 2.62. The van der Waals surface area contributed by atoms with Crippen LogP contribution in [-0.2, 0) is 14.3 Å². The maximum Gasteiger partial charge on any atom is 0.413 e. The Kier molecular flexibility index (Phi) is 4.90. The van der Waals surface area contributed by atoms with Crippen molar-refractivity contribution in [1.82, 2.24) is 4.90 Å². The summed E-state index contributed by atoms with van der Waals surface area (Å²) in [7, 11) is 1.32. The molecule has 104 valence electrons. The summed E-state index contributed by atoms with van der Waals surface area (Å²) in [4.78, 5) is 25.2. The van der Waals surface area contributed by atoms with Crippen LogP contribution in [0.5, 0.6) is 0 Å². The van der Waals surface area contributed by atoms with E-state index in [0.717, 1.165) is 5.75 Å². The predicted molar refractivity (Wildman–Crippen MR) is 70.4 cm³/mol. The highest BCUT2D eigenvalue weighted by atomic mass is 32.2. The number of hydrogen-bond donors (Lipinski definition) is 0. The first-order valence-corrected chi connectivity index (χ1v) is 7.28. The van der Waals surface area contributed by atoms with Crippen LogP contribution in [0.2, 0.25) is 0 Å². The summed E-state index contributed by atoms with van der Waals surface area (Å²) < 4.78 is 10.1. The molecule has 0 aromatic carbocycles. The van der Waals surface area contributed by atoms with Crippen LogP contribution in [0.1, 0.15) is 27.2 Å². The molecule has 1 aliphatic rings. The van der Waals surface area contributed by atoms with Gasteiger partial charge in [0.2, 0.25) is 0 Å². The summed E-state index contributed by atoms with van der Waals surface area (Å²) in [5.41, 5.74) is -0.335. The van der Waals surface area contributed by atoms with E-state index in [4.69, 9.17) is 9.47 Å². The Hall–Kier alpha value is -0.910. The lowest BCUT2D eigenvalue weighted by Crippen LogP contribution is -2.48. The number of amides is 1. The number of cyclic esters (lactones) is 1. The summed E-state index contributed by atoms with van der Waals surface area (Å²) in [6.07, 6.45) is 1.47. The van der Waals surface area contributed by atoms with Crippen molar-refractivity contribution in [2.45, 2.75) is 39.5 Å². The SMILES string of the molecule is COC(=O)N1[C@H](CCSC)C(=O)O[C@@H]1C(C)(C)C. The largest absolute Gasteiger partial charge is 0.453 e. The summed E-state index contributed by atoms with van der Waals surface area (Å²) in [5.74, 6) is 0.457. The molecule has 1 saturated heterocycles. The topological polar surface area (TPSA) is 55.8 Å². The van der Waals surface area contributed by atoms with Crippen molar-refractivity contribution >= 4 is 23.8 Å². The summed E-state index contributed by atoms with van der Waals surface area (Å²) in [6, 6.07) is -0.533. The minimum Gasteiger partial charge on any atom is -0.453 e. The van der Waals surface area contributed by atoms with Gasteiger partial charge in [0, 0.05) is 5.41 Å². The number of carbonyl (C=O) groups is 2. The first-order valence-electron chi connectivity index (χ1n) is 5.88. The van der Waals surface area contributed by atoms with Crippen molar-refractivity contribution in [3.8, 4) is 0 Å². The zero-order valence-electron chi connectivity index (χ0n) is 11.6. The van der Waals surface area contributed by atoms with Gasteiger partial charge in [-0.3, -0.25) is 4.90 Å². The zero-order chi connectivity index (χ0) is 13.9. The van der Waals surface area contributed by atoms with E-state index < -0.39 is 18.4 Å². The van der Waals surface area contributed by atoms with Gasteiger partial charge in [-0.2, -0.15) is 11.8 Å². The fourth-order valence-electron chi connectivity index (χ4n) is 1.93. The van der Waals surface area contributed by atoms with Crippen LogP contribution < -0.4 is 0 Å². The normalized spacial score (nSPS) is 24.1.